The first-order valence-corrected chi connectivity index (χ1v) is 4.33. The van der Waals surface area contributed by atoms with Gasteiger partial charge in [-0.05, 0) is 25.0 Å². The lowest BCUT2D eigenvalue weighted by atomic mass is 10.3. The first-order valence-electron chi connectivity index (χ1n) is 4.33. The van der Waals surface area contributed by atoms with Crippen LogP contribution in [0.1, 0.15) is 23.3 Å². The predicted molar refractivity (Wildman–Crippen MR) is 47.9 cm³/mol. The summed E-state index contributed by atoms with van der Waals surface area (Å²) in [5.74, 6) is -0.174. The zero-order valence-electron chi connectivity index (χ0n) is 7.16. The quantitative estimate of drug-likeness (QED) is 0.660. The van der Waals surface area contributed by atoms with Crippen LogP contribution in [0.2, 0.25) is 0 Å². The molecule has 13 heavy (non-hydrogen) atoms. The summed E-state index contributed by atoms with van der Waals surface area (Å²) in [6.45, 7) is 0. The van der Waals surface area contributed by atoms with E-state index in [1.54, 1.807) is 24.4 Å². The van der Waals surface area contributed by atoms with Gasteiger partial charge in [-0.1, -0.05) is 6.07 Å². The zero-order valence-corrected chi connectivity index (χ0v) is 7.16. The van der Waals surface area contributed by atoms with Crippen molar-refractivity contribution < 1.29 is 4.79 Å². The molecule has 0 radical (unpaired) electrons. The number of aromatic nitrogens is 1. The van der Waals surface area contributed by atoms with E-state index in [4.69, 9.17) is 0 Å². The van der Waals surface area contributed by atoms with E-state index in [0.29, 0.717) is 11.7 Å². The van der Waals surface area contributed by atoms with Gasteiger partial charge in [0, 0.05) is 12.2 Å². The Morgan fingerprint density at radius 2 is 2.31 bits per heavy atom. The third kappa shape index (κ3) is 2.26. The van der Waals surface area contributed by atoms with Gasteiger partial charge < -0.3 is 0 Å². The molecule has 1 aromatic rings. The molecule has 4 heteroatoms. The summed E-state index contributed by atoms with van der Waals surface area (Å²) in [7, 11) is 0. The van der Waals surface area contributed by atoms with E-state index in [-0.39, 0.29) is 5.91 Å². The fourth-order valence-electron chi connectivity index (χ4n) is 0.956. The molecule has 1 heterocycles. The molecular formula is C9H11N3O. The number of nitrogens with one attached hydrogen (secondary N) is 2. The van der Waals surface area contributed by atoms with Crippen molar-refractivity contribution in [3.8, 4) is 0 Å². The minimum atomic E-state index is -0.174. The van der Waals surface area contributed by atoms with Crippen LogP contribution in [0.25, 0.3) is 0 Å². The third-order valence-electron chi connectivity index (χ3n) is 1.86. The predicted octanol–water partition coefficient (Wildman–Crippen LogP) is 0.478. The van der Waals surface area contributed by atoms with Crippen LogP contribution < -0.4 is 10.9 Å². The van der Waals surface area contributed by atoms with Gasteiger partial charge in [0.15, 0.2) is 0 Å². The van der Waals surface area contributed by atoms with Crippen LogP contribution in [0, 0.1) is 0 Å². The molecule has 1 saturated carbocycles. The number of rotatable bonds is 3. The number of carbonyl (C=O) groups excluding carboxylic acids is 1. The molecule has 0 saturated heterocycles. The molecule has 1 aliphatic carbocycles. The Bertz CT molecular complexity index is 295. The van der Waals surface area contributed by atoms with E-state index in [2.05, 4.69) is 15.8 Å². The molecule has 1 amide bonds. The highest BCUT2D eigenvalue weighted by molar-refractivity contribution is 5.91. The Kier molecular flexibility index (Phi) is 2.23. The van der Waals surface area contributed by atoms with Crippen molar-refractivity contribution in [1.29, 1.82) is 0 Å². The van der Waals surface area contributed by atoms with Crippen LogP contribution in [0.5, 0.6) is 0 Å². The molecule has 0 unspecified atom stereocenters. The molecule has 0 atom stereocenters. The molecular weight excluding hydrogens is 166 g/mol. The monoisotopic (exact) mass is 177 g/mol. The van der Waals surface area contributed by atoms with Gasteiger partial charge in [0.2, 0.25) is 0 Å². The van der Waals surface area contributed by atoms with Gasteiger partial charge >= 0.3 is 0 Å². The van der Waals surface area contributed by atoms with Crippen LogP contribution >= 0.6 is 0 Å². The lowest BCUT2D eigenvalue weighted by molar-refractivity contribution is 0.0927. The highest BCUT2D eigenvalue weighted by Crippen LogP contribution is 2.17. The molecule has 0 aromatic carbocycles. The van der Waals surface area contributed by atoms with E-state index in [0.717, 1.165) is 12.8 Å². The van der Waals surface area contributed by atoms with Gasteiger partial charge in [0.1, 0.15) is 5.69 Å². The molecule has 1 aliphatic rings. The highest BCUT2D eigenvalue weighted by atomic mass is 16.2. The minimum absolute atomic E-state index is 0.174. The van der Waals surface area contributed by atoms with E-state index >= 15 is 0 Å². The average Bonchev–Trinajstić information content (AvgIpc) is 2.99. The Labute approximate surface area is 76.3 Å². The second-order valence-electron chi connectivity index (χ2n) is 3.09. The molecule has 2 rings (SSSR count). The Balaban J connectivity index is 1.89. The maximum Gasteiger partial charge on any atom is 0.283 e. The Hall–Kier alpha value is -1.42. The van der Waals surface area contributed by atoms with E-state index in [1.165, 1.54) is 0 Å². The number of hydrazine groups is 1. The van der Waals surface area contributed by atoms with Crippen LogP contribution in [-0.2, 0) is 0 Å². The Morgan fingerprint density at radius 3 is 2.92 bits per heavy atom. The van der Waals surface area contributed by atoms with E-state index in [9.17, 15) is 4.79 Å². The van der Waals surface area contributed by atoms with Crippen molar-refractivity contribution in [2.24, 2.45) is 0 Å². The lowest BCUT2D eigenvalue weighted by Gasteiger charge is -2.03. The van der Waals surface area contributed by atoms with Crippen LogP contribution in [-0.4, -0.2) is 16.9 Å². The van der Waals surface area contributed by atoms with Crippen LogP contribution in [0.3, 0.4) is 0 Å². The maximum absolute atomic E-state index is 11.3. The molecule has 68 valence electrons. The third-order valence-corrected chi connectivity index (χ3v) is 1.86. The SMILES string of the molecule is O=C(NNC1CC1)c1ccccn1. The topological polar surface area (TPSA) is 54.0 Å². The second kappa shape index (κ2) is 3.53. The maximum atomic E-state index is 11.3. The summed E-state index contributed by atoms with van der Waals surface area (Å²) in [5, 5.41) is 0. The summed E-state index contributed by atoms with van der Waals surface area (Å²) < 4.78 is 0. The standard InChI is InChI=1S/C9H11N3O/c13-9(12-11-7-4-5-7)8-3-1-2-6-10-8/h1-3,6-7,11H,4-5H2,(H,12,13). The van der Waals surface area contributed by atoms with E-state index in [1.807, 2.05) is 0 Å². The van der Waals surface area contributed by atoms with Crippen molar-refractivity contribution in [2.45, 2.75) is 18.9 Å². The van der Waals surface area contributed by atoms with Gasteiger partial charge in [-0.3, -0.25) is 15.2 Å². The molecule has 0 bridgehead atoms. The number of hydrogen-bond acceptors (Lipinski definition) is 3. The lowest BCUT2D eigenvalue weighted by Crippen LogP contribution is -2.39. The molecule has 0 aliphatic heterocycles. The molecule has 1 aromatic heterocycles. The summed E-state index contributed by atoms with van der Waals surface area (Å²) in [6, 6.07) is 5.72. The average molecular weight is 177 g/mol. The summed E-state index contributed by atoms with van der Waals surface area (Å²) >= 11 is 0. The summed E-state index contributed by atoms with van der Waals surface area (Å²) in [4.78, 5) is 15.3. The number of amides is 1. The van der Waals surface area contributed by atoms with Crippen molar-refractivity contribution in [1.82, 2.24) is 15.8 Å². The van der Waals surface area contributed by atoms with Gasteiger partial charge in [-0.15, -0.1) is 0 Å². The van der Waals surface area contributed by atoms with Crippen LogP contribution in [0.15, 0.2) is 24.4 Å². The van der Waals surface area contributed by atoms with Crippen molar-refractivity contribution in [3.05, 3.63) is 30.1 Å². The number of hydrogen-bond donors (Lipinski definition) is 2. The van der Waals surface area contributed by atoms with Crippen molar-refractivity contribution in [3.63, 3.8) is 0 Å². The van der Waals surface area contributed by atoms with Gasteiger partial charge in [-0.25, -0.2) is 5.43 Å². The fourth-order valence-corrected chi connectivity index (χ4v) is 0.956. The van der Waals surface area contributed by atoms with Crippen LogP contribution in [0.4, 0.5) is 0 Å². The first kappa shape index (κ1) is 8.19. The van der Waals surface area contributed by atoms with E-state index < -0.39 is 0 Å². The zero-order chi connectivity index (χ0) is 9.10. The molecule has 1 fully saturated rings. The van der Waals surface area contributed by atoms with Crippen molar-refractivity contribution in [2.75, 3.05) is 0 Å². The fraction of sp³-hybridized carbons (Fsp3) is 0.333. The minimum Gasteiger partial charge on any atom is -0.286 e. The van der Waals surface area contributed by atoms with Gasteiger partial charge in [0.25, 0.3) is 5.91 Å². The largest absolute Gasteiger partial charge is 0.286 e. The number of carbonyl (C=O) groups is 1. The van der Waals surface area contributed by atoms with Gasteiger partial charge in [-0.2, -0.15) is 0 Å². The van der Waals surface area contributed by atoms with Gasteiger partial charge in [0.05, 0.1) is 0 Å². The first-order chi connectivity index (χ1) is 6.36. The molecule has 4 nitrogen and oxygen atoms in total. The highest BCUT2D eigenvalue weighted by Gasteiger charge is 2.21. The summed E-state index contributed by atoms with van der Waals surface area (Å²) in [5.41, 5.74) is 5.97. The second-order valence-corrected chi connectivity index (χ2v) is 3.09. The number of pyridine rings is 1. The normalized spacial score (nSPS) is 15.4. The molecule has 0 spiro atoms. The summed E-state index contributed by atoms with van der Waals surface area (Å²) in [6.07, 6.45) is 3.89. The molecule has 2 N–H and O–H groups in total. The number of nitrogens with zero attached hydrogens (tertiary/aromatic N) is 1. The van der Waals surface area contributed by atoms with Crippen molar-refractivity contribution >= 4 is 5.91 Å². The smallest absolute Gasteiger partial charge is 0.283 e. The Morgan fingerprint density at radius 1 is 1.46 bits per heavy atom.